The van der Waals surface area contributed by atoms with Crippen LogP contribution in [0.2, 0.25) is 0 Å². The number of amides is 1. The molecule has 162 valence electrons. The Hall–Kier alpha value is -1.84. The Labute approximate surface area is 173 Å². The van der Waals surface area contributed by atoms with Gasteiger partial charge < -0.3 is 19.7 Å². The van der Waals surface area contributed by atoms with Gasteiger partial charge in [0.25, 0.3) is 0 Å². The van der Waals surface area contributed by atoms with E-state index in [9.17, 15) is 13.6 Å². The summed E-state index contributed by atoms with van der Waals surface area (Å²) in [6.45, 7) is 3.37. The number of ether oxygens (including phenoxy) is 2. The van der Waals surface area contributed by atoms with Crippen LogP contribution in [-0.4, -0.2) is 65.0 Å². The van der Waals surface area contributed by atoms with Gasteiger partial charge >= 0.3 is 6.09 Å². The van der Waals surface area contributed by atoms with E-state index >= 15 is 0 Å². The number of alkyl halides is 2. The lowest BCUT2D eigenvalue weighted by Gasteiger charge is -2.37. The molecule has 2 fully saturated rings. The average Bonchev–Trinajstić information content (AvgIpc) is 2.66. The minimum absolute atomic E-state index is 0.0378. The van der Waals surface area contributed by atoms with Crippen molar-refractivity contribution in [3.63, 3.8) is 0 Å². The summed E-state index contributed by atoms with van der Waals surface area (Å²) in [5.74, 6) is -1.57. The summed E-state index contributed by atoms with van der Waals surface area (Å²) < 4.78 is 37.8. The van der Waals surface area contributed by atoms with Gasteiger partial charge in [0.2, 0.25) is 11.8 Å². The zero-order valence-electron chi connectivity index (χ0n) is 16.8. The molecule has 0 radical (unpaired) electrons. The second-order valence-corrected chi connectivity index (χ2v) is 8.24. The van der Waals surface area contributed by atoms with Crippen molar-refractivity contribution in [3.05, 3.63) is 6.07 Å². The number of nitrogens with one attached hydrogen (secondary N) is 1. The summed E-state index contributed by atoms with van der Waals surface area (Å²) >= 11 is 1.38. The molecule has 3 rings (SSSR count). The van der Waals surface area contributed by atoms with Gasteiger partial charge in [0, 0.05) is 24.9 Å². The zero-order chi connectivity index (χ0) is 20.9. The average molecular weight is 431 g/mol. The number of carbonyl (C=O) groups excluding carboxylic acids is 1. The molecule has 1 aromatic rings. The number of thioether (sulfide) groups is 1. The monoisotopic (exact) mass is 430 g/mol. The molecule has 2 aliphatic rings. The molecule has 1 aliphatic carbocycles. The van der Waals surface area contributed by atoms with E-state index < -0.39 is 5.92 Å². The number of halogens is 2. The highest BCUT2D eigenvalue weighted by Gasteiger charge is 2.35. The van der Waals surface area contributed by atoms with Crippen LogP contribution in [0.25, 0.3) is 0 Å². The van der Waals surface area contributed by atoms with Crippen LogP contribution < -0.4 is 10.1 Å². The summed E-state index contributed by atoms with van der Waals surface area (Å²) in [5, 5.41) is 3.78. The Morgan fingerprint density at radius 2 is 2.07 bits per heavy atom. The fourth-order valence-electron chi connectivity index (χ4n) is 3.25. The van der Waals surface area contributed by atoms with Crippen LogP contribution in [0.15, 0.2) is 11.2 Å². The molecular formula is C19H28F2N4O3S. The molecule has 7 nitrogen and oxygen atoms in total. The first-order chi connectivity index (χ1) is 13.9. The highest BCUT2D eigenvalue weighted by atomic mass is 32.2. The zero-order valence-corrected chi connectivity index (χ0v) is 17.6. The molecule has 1 aromatic heterocycles. The third kappa shape index (κ3) is 6.32. The van der Waals surface area contributed by atoms with Gasteiger partial charge in [-0.3, -0.25) is 0 Å². The highest BCUT2D eigenvalue weighted by molar-refractivity contribution is 7.98. The van der Waals surface area contributed by atoms with E-state index in [1.54, 1.807) is 11.0 Å². The lowest BCUT2D eigenvalue weighted by molar-refractivity contribution is -0.0361. The van der Waals surface area contributed by atoms with Crippen LogP contribution in [0.1, 0.15) is 45.4 Å². The van der Waals surface area contributed by atoms with E-state index in [2.05, 4.69) is 15.3 Å². The standard InChI is InChI=1S/C19H28F2N4O3S/c1-3-4-9-27-18(26)25-11-14(12-25)28-16-10-15(23-17(24-16)29-2)22-13-5-7-19(20,21)8-6-13/h10,13-14H,3-9,11-12H2,1-2H3,(H,22,23,24). The number of unbranched alkanes of at least 4 members (excludes halogenated alkanes) is 1. The smallest absolute Gasteiger partial charge is 0.410 e. The van der Waals surface area contributed by atoms with Gasteiger partial charge in [0.1, 0.15) is 11.9 Å². The second kappa shape index (κ2) is 9.77. The highest BCUT2D eigenvalue weighted by Crippen LogP contribution is 2.34. The van der Waals surface area contributed by atoms with Gasteiger partial charge in [0.15, 0.2) is 5.16 Å². The Bertz CT molecular complexity index is 694. The third-order valence-corrected chi connectivity index (χ3v) is 5.60. The molecule has 29 heavy (non-hydrogen) atoms. The van der Waals surface area contributed by atoms with Gasteiger partial charge in [-0.15, -0.1) is 0 Å². The summed E-state index contributed by atoms with van der Waals surface area (Å²) in [7, 11) is 0. The van der Waals surface area contributed by atoms with Crippen LogP contribution in [0, 0.1) is 0 Å². The Balaban J connectivity index is 1.51. The maximum Gasteiger partial charge on any atom is 0.410 e. The van der Waals surface area contributed by atoms with E-state index in [0.717, 1.165) is 12.8 Å². The maximum absolute atomic E-state index is 13.3. The number of rotatable bonds is 8. The summed E-state index contributed by atoms with van der Waals surface area (Å²) in [6, 6.07) is 1.65. The van der Waals surface area contributed by atoms with Crippen LogP contribution in [0.3, 0.4) is 0 Å². The lowest BCUT2D eigenvalue weighted by atomic mass is 9.92. The normalized spacial score (nSPS) is 19.5. The molecule has 1 saturated carbocycles. The summed E-state index contributed by atoms with van der Waals surface area (Å²) in [4.78, 5) is 22.2. The summed E-state index contributed by atoms with van der Waals surface area (Å²) in [6.07, 6.45) is 3.81. The number of hydrogen-bond acceptors (Lipinski definition) is 7. The molecule has 1 aliphatic heterocycles. The van der Waals surface area contributed by atoms with Crippen molar-refractivity contribution in [1.82, 2.24) is 14.9 Å². The molecule has 1 saturated heterocycles. The number of carbonyl (C=O) groups is 1. The van der Waals surface area contributed by atoms with Crippen molar-refractivity contribution >= 4 is 23.7 Å². The predicted octanol–water partition coefficient (Wildman–Crippen LogP) is 4.19. The topological polar surface area (TPSA) is 76.6 Å². The molecule has 2 heterocycles. The van der Waals surface area contributed by atoms with E-state index in [1.165, 1.54) is 11.8 Å². The second-order valence-electron chi connectivity index (χ2n) is 7.47. The van der Waals surface area contributed by atoms with Crippen molar-refractivity contribution in [2.45, 2.75) is 68.7 Å². The van der Waals surface area contributed by atoms with Crippen LogP contribution in [-0.2, 0) is 4.74 Å². The number of nitrogens with zero attached hydrogens (tertiary/aromatic N) is 3. The molecular weight excluding hydrogens is 402 g/mol. The van der Waals surface area contributed by atoms with Crippen LogP contribution >= 0.6 is 11.8 Å². The lowest BCUT2D eigenvalue weighted by Crippen LogP contribution is -2.56. The fraction of sp³-hybridized carbons (Fsp3) is 0.737. The molecule has 10 heteroatoms. The minimum atomic E-state index is -2.56. The van der Waals surface area contributed by atoms with Crippen molar-refractivity contribution in [2.24, 2.45) is 0 Å². The number of likely N-dealkylation sites (tertiary alicyclic amines) is 1. The Morgan fingerprint density at radius 3 is 2.72 bits per heavy atom. The number of aromatic nitrogens is 2. The predicted molar refractivity (Wildman–Crippen MR) is 107 cm³/mol. The molecule has 0 unspecified atom stereocenters. The van der Waals surface area contributed by atoms with Crippen molar-refractivity contribution in [3.8, 4) is 5.88 Å². The first kappa shape index (κ1) is 21.9. The van der Waals surface area contributed by atoms with Gasteiger partial charge in [-0.05, 0) is 25.5 Å². The van der Waals surface area contributed by atoms with Crippen molar-refractivity contribution in [1.29, 1.82) is 0 Å². The SMILES string of the molecule is CCCCOC(=O)N1CC(Oc2cc(NC3CCC(F)(F)CC3)nc(SC)n2)C1. The van der Waals surface area contributed by atoms with E-state index in [4.69, 9.17) is 9.47 Å². The third-order valence-electron chi connectivity index (χ3n) is 5.05. The minimum Gasteiger partial charge on any atom is -0.470 e. The number of hydrogen-bond donors (Lipinski definition) is 1. The first-order valence-electron chi connectivity index (χ1n) is 10.0. The van der Waals surface area contributed by atoms with Gasteiger partial charge in [-0.25, -0.2) is 18.6 Å². The largest absolute Gasteiger partial charge is 0.470 e. The van der Waals surface area contributed by atoms with Gasteiger partial charge in [-0.2, -0.15) is 4.98 Å². The fourth-order valence-corrected chi connectivity index (χ4v) is 3.62. The molecule has 1 amide bonds. The summed E-state index contributed by atoms with van der Waals surface area (Å²) in [5.41, 5.74) is 0. The molecule has 0 spiro atoms. The van der Waals surface area contributed by atoms with Gasteiger partial charge in [-0.1, -0.05) is 25.1 Å². The molecule has 0 aromatic carbocycles. The quantitative estimate of drug-likeness (QED) is 0.376. The van der Waals surface area contributed by atoms with E-state index in [0.29, 0.717) is 49.4 Å². The molecule has 0 bridgehead atoms. The van der Waals surface area contributed by atoms with E-state index in [-0.39, 0.29) is 31.1 Å². The Morgan fingerprint density at radius 1 is 1.34 bits per heavy atom. The molecule has 0 atom stereocenters. The van der Waals surface area contributed by atoms with Crippen molar-refractivity contribution in [2.75, 3.05) is 31.3 Å². The first-order valence-corrected chi connectivity index (χ1v) is 11.3. The molecule has 1 N–H and O–H groups in total. The van der Waals surface area contributed by atoms with Crippen LogP contribution in [0.4, 0.5) is 19.4 Å². The number of anilines is 1. The van der Waals surface area contributed by atoms with Crippen LogP contribution in [0.5, 0.6) is 5.88 Å². The van der Waals surface area contributed by atoms with Crippen molar-refractivity contribution < 1.29 is 23.0 Å². The van der Waals surface area contributed by atoms with Gasteiger partial charge in [0.05, 0.1) is 19.7 Å². The van der Waals surface area contributed by atoms with E-state index in [1.807, 2.05) is 13.2 Å². The Kier molecular flexibility index (Phi) is 7.37. The maximum atomic E-state index is 13.3.